The second-order valence-electron chi connectivity index (χ2n) is 7.00. The molecule has 0 spiro atoms. The van der Waals surface area contributed by atoms with Gasteiger partial charge in [-0.2, -0.15) is 0 Å². The fourth-order valence-corrected chi connectivity index (χ4v) is 4.15. The van der Waals surface area contributed by atoms with Gasteiger partial charge in [0.05, 0.1) is 5.75 Å². The molecule has 0 unspecified atom stereocenters. The summed E-state index contributed by atoms with van der Waals surface area (Å²) in [4.78, 5) is 14.7. The van der Waals surface area contributed by atoms with Gasteiger partial charge in [-0.15, -0.1) is 11.8 Å². The summed E-state index contributed by atoms with van der Waals surface area (Å²) in [5.74, 6) is 0.921. The van der Waals surface area contributed by atoms with Crippen LogP contribution in [0, 0.1) is 5.82 Å². The predicted molar refractivity (Wildman–Crippen MR) is 110 cm³/mol. The Balaban J connectivity index is 1.43. The highest BCUT2D eigenvalue weighted by Crippen LogP contribution is 2.16. The van der Waals surface area contributed by atoms with Crippen molar-refractivity contribution in [2.75, 3.05) is 18.8 Å². The van der Waals surface area contributed by atoms with Crippen LogP contribution < -0.4 is 5.32 Å². The first-order chi connectivity index (χ1) is 13.2. The summed E-state index contributed by atoms with van der Waals surface area (Å²) >= 11 is 1.55. The van der Waals surface area contributed by atoms with Crippen LogP contribution in [0.2, 0.25) is 0 Å². The number of likely N-dealkylation sites (tertiary alicyclic amines) is 1. The standard InChI is InChI=1S/C22H27FN2OS/c23-21-10-8-18(9-11-21)16-27-17-22(26)24-14-19-6-2-3-7-20(19)15-25-12-4-1-5-13-25/h2-3,6-11H,1,4-5,12-17H2,(H,24,26). The maximum atomic E-state index is 12.9. The van der Waals surface area contributed by atoms with Crippen LogP contribution in [0.25, 0.3) is 0 Å². The second-order valence-corrected chi connectivity index (χ2v) is 7.99. The van der Waals surface area contributed by atoms with E-state index in [0.717, 1.165) is 12.1 Å². The highest BCUT2D eigenvalue weighted by molar-refractivity contribution is 7.99. The van der Waals surface area contributed by atoms with Gasteiger partial charge >= 0.3 is 0 Å². The van der Waals surface area contributed by atoms with Crippen molar-refractivity contribution in [1.29, 1.82) is 0 Å². The molecule has 0 atom stereocenters. The third-order valence-electron chi connectivity index (χ3n) is 4.85. The van der Waals surface area contributed by atoms with Gasteiger partial charge in [0.25, 0.3) is 0 Å². The minimum atomic E-state index is -0.232. The zero-order valence-corrected chi connectivity index (χ0v) is 16.4. The first kappa shape index (κ1) is 19.9. The van der Waals surface area contributed by atoms with E-state index in [1.165, 1.54) is 55.6 Å². The van der Waals surface area contributed by atoms with Gasteiger partial charge in [-0.1, -0.05) is 42.8 Å². The molecule has 1 N–H and O–H groups in total. The molecule has 0 bridgehead atoms. The predicted octanol–water partition coefficient (Wildman–Crippen LogP) is 4.36. The van der Waals surface area contributed by atoms with E-state index < -0.39 is 0 Å². The van der Waals surface area contributed by atoms with Crippen LogP contribution in [-0.4, -0.2) is 29.6 Å². The van der Waals surface area contributed by atoms with Gasteiger partial charge in [0.2, 0.25) is 5.91 Å². The summed E-state index contributed by atoms with van der Waals surface area (Å²) < 4.78 is 12.9. The van der Waals surface area contributed by atoms with Crippen LogP contribution >= 0.6 is 11.8 Å². The second kappa shape index (κ2) is 10.5. The van der Waals surface area contributed by atoms with Gasteiger partial charge in [-0.25, -0.2) is 4.39 Å². The molecular formula is C22H27FN2OS. The molecule has 2 aromatic carbocycles. The van der Waals surface area contributed by atoms with Gasteiger partial charge in [0, 0.05) is 18.8 Å². The number of nitrogens with one attached hydrogen (secondary N) is 1. The summed E-state index contributed by atoms with van der Waals surface area (Å²) in [6.07, 6.45) is 3.90. The molecule has 0 radical (unpaired) electrons. The molecule has 0 aliphatic carbocycles. The Morgan fingerprint density at radius 1 is 1.00 bits per heavy atom. The number of amides is 1. The molecule has 1 aliphatic rings. The smallest absolute Gasteiger partial charge is 0.230 e. The molecular weight excluding hydrogens is 359 g/mol. The van der Waals surface area contributed by atoms with Crippen molar-refractivity contribution in [1.82, 2.24) is 10.2 Å². The van der Waals surface area contributed by atoms with E-state index in [-0.39, 0.29) is 11.7 Å². The molecule has 1 amide bonds. The number of carbonyl (C=O) groups excluding carboxylic acids is 1. The molecule has 1 heterocycles. The fraction of sp³-hybridized carbons (Fsp3) is 0.409. The maximum Gasteiger partial charge on any atom is 0.230 e. The Morgan fingerprint density at radius 3 is 2.44 bits per heavy atom. The van der Waals surface area contributed by atoms with Crippen molar-refractivity contribution in [2.45, 2.75) is 38.1 Å². The lowest BCUT2D eigenvalue weighted by molar-refractivity contribution is -0.118. The van der Waals surface area contributed by atoms with Crippen LogP contribution in [0.1, 0.15) is 36.0 Å². The topological polar surface area (TPSA) is 32.3 Å². The van der Waals surface area contributed by atoms with E-state index in [1.807, 2.05) is 6.07 Å². The van der Waals surface area contributed by atoms with Gasteiger partial charge in [-0.3, -0.25) is 9.69 Å². The molecule has 144 valence electrons. The molecule has 0 saturated carbocycles. The summed E-state index contributed by atoms with van der Waals surface area (Å²) in [5, 5.41) is 3.03. The van der Waals surface area contributed by atoms with E-state index in [9.17, 15) is 9.18 Å². The monoisotopic (exact) mass is 386 g/mol. The van der Waals surface area contributed by atoms with Crippen molar-refractivity contribution in [3.8, 4) is 0 Å². The molecule has 3 rings (SSSR count). The number of carbonyl (C=O) groups is 1. The maximum absolute atomic E-state index is 12.9. The van der Waals surface area contributed by atoms with E-state index in [1.54, 1.807) is 23.9 Å². The lowest BCUT2D eigenvalue weighted by Gasteiger charge is -2.27. The number of nitrogens with zero attached hydrogens (tertiary/aromatic N) is 1. The van der Waals surface area contributed by atoms with Crippen molar-refractivity contribution in [3.05, 3.63) is 71.0 Å². The highest BCUT2D eigenvalue weighted by atomic mass is 32.2. The first-order valence-corrected chi connectivity index (χ1v) is 10.7. The van der Waals surface area contributed by atoms with Crippen LogP contribution in [0.5, 0.6) is 0 Å². The average molecular weight is 387 g/mol. The Bertz CT molecular complexity index is 729. The van der Waals surface area contributed by atoms with Crippen molar-refractivity contribution in [2.24, 2.45) is 0 Å². The summed E-state index contributed by atoms with van der Waals surface area (Å²) in [7, 11) is 0. The van der Waals surface area contributed by atoms with Crippen molar-refractivity contribution < 1.29 is 9.18 Å². The van der Waals surface area contributed by atoms with E-state index in [4.69, 9.17) is 0 Å². The van der Waals surface area contributed by atoms with Crippen LogP contribution in [-0.2, 0) is 23.6 Å². The third-order valence-corrected chi connectivity index (χ3v) is 5.86. The lowest BCUT2D eigenvalue weighted by Crippen LogP contribution is -2.30. The summed E-state index contributed by atoms with van der Waals surface area (Å²) in [6, 6.07) is 14.8. The van der Waals surface area contributed by atoms with Gasteiger partial charge in [0.1, 0.15) is 5.82 Å². The quantitative estimate of drug-likeness (QED) is 0.732. The lowest BCUT2D eigenvalue weighted by atomic mass is 10.0. The average Bonchev–Trinajstić information content (AvgIpc) is 2.70. The Hall–Kier alpha value is -1.85. The SMILES string of the molecule is O=C(CSCc1ccc(F)cc1)NCc1ccccc1CN1CCCCC1. The minimum absolute atomic E-state index is 0.0369. The minimum Gasteiger partial charge on any atom is -0.351 e. The summed E-state index contributed by atoms with van der Waals surface area (Å²) in [5.41, 5.74) is 3.53. The van der Waals surface area contributed by atoms with E-state index >= 15 is 0 Å². The van der Waals surface area contributed by atoms with Gasteiger partial charge in [-0.05, 0) is 54.8 Å². The number of benzene rings is 2. The number of piperidine rings is 1. The van der Waals surface area contributed by atoms with Gasteiger partial charge < -0.3 is 5.32 Å². The zero-order chi connectivity index (χ0) is 18.9. The zero-order valence-electron chi connectivity index (χ0n) is 15.6. The molecule has 1 saturated heterocycles. The number of rotatable bonds is 8. The molecule has 1 fully saturated rings. The van der Waals surface area contributed by atoms with Gasteiger partial charge in [0.15, 0.2) is 0 Å². The Kier molecular flexibility index (Phi) is 7.72. The number of halogens is 1. The molecule has 27 heavy (non-hydrogen) atoms. The Labute approximate surface area is 165 Å². The highest BCUT2D eigenvalue weighted by Gasteiger charge is 2.12. The van der Waals surface area contributed by atoms with Crippen LogP contribution in [0.3, 0.4) is 0 Å². The fourth-order valence-electron chi connectivity index (χ4n) is 3.33. The molecule has 3 nitrogen and oxygen atoms in total. The largest absolute Gasteiger partial charge is 0.351 e. The number of hydrogen-bond acceptors (Lipinski definition) is 3. The molecule has 0 aromatic heterocycles. The van der Waals surface area contributed by atoms with Crippen LogP contribution in [0.4, 0.5) is 4.39 Å². The van der Waals surface area contributed by atoms with Crippen molar-refractivity contribution in [3.63, 3.8) is 0 Å². The first-order valence-electron chi connectivity index (χ1n) is 9.59. The molecule has 1 aliphatic heterocycles. The van der Waals surface area contributed by atoms with E-state index in [2.05, 4.69) is 28.4 Å². The van der Waals surface area contributed by atoms with Crippen LogP contribution in [0.15, 0.2) is 48.5 Å². The number of hydrogen-bond donors (Lipinski definition) is 1. The normalized spacial score (nSPS) is 14.9. The molecule has 2 aromatic rings. The third kappa shape index (κ3) is 6.67. The van der Waals surface area contributed by atoms with Crippen molar-refractivity contribution >= 4 is 17.7 Å². The number of thioether (sulfide) groups is 1. The molecule has 5 heteroatoms. The van der Waals surface area contributed by atoms with E-state index in [0.29, 0.717) is 18.1 Å². The Morgan fingerprint density at radius 2 is 1.70 bits per heavy atom. The summed E-state index contributed by atoms with van der Waals surface area (Å²) in [6.45, 7) is 3.87.